The molecular weight excluding hydrogens is 364 g/mol. The summed E-state index contributed by atoms with van der Waals surface area (Å²) in [5.41, 5.74) is 1.49. The lowest BCUT2D eigenvalue weighted by atomic mass is 10.1. The van der Waals surface area contributed by atoms with Crippen molar-refractivity contribution in [2.45, 2.75) is 19.8 Å². The fourth-order valence-corrected chi connectivity index (χ4v) is 2.58. The summed E-state index contributed by atoms with van der Waals surface area (Å²) in [6, 6.07) is 8.04. The van der Waals surface area contributed by atoms with E-state index in [0.29, 0.717) is 10.7 Å². The first-order chi connectivity index (χ1) is 12.3. The second-order valence-corrected chi connectivity index (χ2v) is 6.18. The van der Waals surface area contributed by atoms with Gasteiger partial charge in [-0.05, 0) is 36.8 Å². The standard InChI is InChI=1S/C18H14ClF2N3O2/c1-10-2-4-12(9-13(10)19)24-17(25)7-6-16(23-24)18(26)22-11-3-5-14(20)15(21)8-11/h2-5,8-9H,6-7H2,1H3,(H,22,26). The first kappa shape index (κ1) is 18.0. The van der Waals surface area contributed by atoms with E-state index >= 15 is 0 Å². The number of benzene rings is 2. The van der Waals surface area contributed by atoms with Crippen LogP contribution >= 0.6 is 11.6 Å². The van der Waals surface area contributed by atoms with Crippen molar-refractivity contribution in [3.63, 3.8) is 0 Å². The Hall–Kier alpha value is -2.80. The molecule has 2 aromatic carbocycles. The Morgan fingerprint density at radius 2 is 1.92 bits per heavy atom. The van der Waals surface area contributed by atoms with Gasteiger partial charge in [0.15, 0.2) is 11.6 Å². The summed E-state index contributed by atoms with van der Waals surface area (Å²) in [6.45, 7) is 1.83. The van der Waals surface area contributed by atoms with Gasteiger partial charge in [-0.25, -0.2) is 13.8 Å². The van der Waals surface area contributed by atoms with E-state index in [0.717, 1.165) is 22.7 Å². The topological polar surface area (TPSA) is 61.8 Å². The first-order valence-corrected chi connectivity index (χ1v) is 8.16. The minimum Gasteiger partial charge on any atom is -0.321 e. The van der Waals surface area contributed by atoms with E-state index in [1.54, 1.807) is 18.2 Å². The number of carbonyl (C=O) groups is 2. The van der Waals surface area contributed by atoms with Gasteiger partial charge in [0, 0.05) is 29.6 Å². The van der Waals surface area contributed by atoms with Crippen LogP contribution in [0.3, 0.4) is 0 Å². The van der Waals surface area contributed by atoms with Gasteiger partial charge in [0.05, 0.1) is 5.69 Å². The average Bonchev–Trinajstić information content (AvgIpc) is 2.61. The highest BCUT2D eigenvalue weighted by atomic mass is 35.5. The Morgan fingerprint density at radius 1 is 1.15 bits per heavy atom. The minimum absolute atomic E-state index is 0.0928. The molecule has 0 radical (unpaired) electrons. The van der Waals surface area contributed by atoms with Gasteiger partial charge in [0.2, 0.25) is 5.91 Å². The SMILES string of the molecule is Cc1ccc(N2N=C(C(=O)Nc3ccc(F)c(F)c3)CCC2=O)cc1Cl. The maximum absolute atomic E-state index is 13.3. The van der Waals surface area contributed by atoms with Gasteiger partial charge in [-0.2, -0.15) is 5.10 Å². The number of aryl methyl sites for hydroxylation is 1. The van der Waals surface area contributed by atoms with Crippen molar-refractivity contribution in [2.24, 2.45) is 5.10 Å². The number of hydrogen-bond donors (Lipinski definition) is 1. The highest BCUT2D eigenvalue weighted by molar-refractivity contribution is 6.44. The molecule has 1 heterocycles. The maximum Gasteiger partial charge on any atom is 0.271 e. The van der Waals surface area contributed by atoms with E-state index in [1.165, 1.54) is 6.07 Å². The Bertz CT molecular complexity index is 931. The quantitative estimate of drug-likeness (QED) is 0.877. The van der Waals surface area contributed by atoms with Gasteiger partial charge < -0.3 is 5.32 Å². The lowest BCUT2D eigenvalue weighted by Gasteiger charge is -2.23. The Labute approximate surface area is 153 Å². The second-order valence-electron chi connectivity index (χ2n) is 5.77. The molecule has 2 aromatic rings. The van der Waals surface area contributed by atoms with Crippen LogP contribution in [0.15, 0.2) is 41.5 Å². The molecule has 0 saturated heterocycles. The van der Waals surface area contributed by atoms with E-state index in [4.69, 9.17) is 11.6 Å². The van der Waals surface area contributed by atoms with Gasteiger partial charge in [-0.3, -0.25) is 9.59 Å². The summed E-state index contributed by atoms with van der Waals surface area (Å²) >= 11 is 6.08. The number of hydrogen-bond acceptors (Lipinski definition) is 3. The van der Waals surface area contributed by atoms with Crippen molar-refractivity contribution >= 4 is 40.5 Å². The number of rotatable bonds is 3. The third-order valence-electron chi connectivity index (χ3n) is 3.87. The van der Waals surface area contributed by atoms with Gasteiger partial charge in [-0.15, -0.1) is 0 Å². The lowest BCUT2D eigenvalue weighted by Crippen LogP contribution is -2.36. The molecule has 0 unspecified atom stereocenters. The minimum atomic E-state index is -1.07. The van der Waals surface area contributed by atoms with Crippen molar-refractivity contribution in [3.8, 4) is 0 Å². The van der Waals surface area contributed by atoms with E-state index in [-0.39, 0.29) is 30.1 Å². The first-order valence-electron chi connectivity index (χ1n) is 7.78. The van der Waals surface area contributed by atoms with Crippen LogP contribution in [0.4, 0.5) is 20.2 Å². The van der Waals surface area contributed by atoms with Gasteiger partial charge in [-0.1, -0.05) is 17.7 Å². The average molecular weight is 378 g/mol. The zero-order valence-corrected chi connectivity index (χ0v) is 14.5. The lowest BCUT2D eigenvalue weighted by molar-refractivity contribution is -0.118. The van der Waals surface area contributed by atoms with Crippen LogP contribution in [0.1, 0.15) is 18.4 Å². The molecule has 134 valence electrons. The van der Waals surface area contributed by atoms with E-state index in [9.17, 15) is 18.4 Å². The van der Waals surface area contributed by atoms with Gasteiger partial charge in [0.1, 0.15) is 5.71 Å². The predicted molar refractivity (Wildman–Crippen MR) is 95.3 cm³/mol. The Balaban J connectivity index is 1.84. The Kier molecular flexibility index (Phi) is 4.99. The number of hydrazone groups is 1. The molecule has 0 atom stereocenters. The third-order valence-corrected chi connectivity index (χ3v) is 4.28. The number of nitrogens with one attached hydrogen (secondary N) is 1. The molecule has 0 saturated carbocycles. The predicted octanol–water partition coefficient (Wildman–Crippen LogP) is 4.05. The van der Waals surface area contributed by atoms with Crippen molar-refractivity contribution in [1.29, 1.82) is 0 Å². The summed E-state index contributed by atoms with van der Waals surface area (Å²) in [7, 11) is 0. The third kappa shape index (κ3) is 3.72. The highest BCUT2D eigenvalue weighted by Gasteiger charge is 2.26. The molecule has 0 fully saturated rings. The summed E-state index contributed by atoms with van der Waals surface area (Å²) in [6.07, 6.45) is 0.236. The van der Waals surface area contributed by atoms with Crippen molar-refractivity contribution < 1.29 is 18.4 Å². The molecule has 2 amide bonds. The summed E-state index contributed by atoms with van der Waals surface area (Å²) in [5, 5.41) is 8.14. The molecule has 26 heavy (non-hydrogen) atoms. The Morgan fingerprint density at radius 3 is 2.62 bits per heavy atom. The van der Waals surface area contributed by atoms with Crippen molar-refractivity contribution in [1.82, 2.24) is 0 Å². The normalized spacial score (nSPS) is 14.2. The van der Waals surface area contributed by atoms with Crippen LogP contribution in [-0.2, 0) is 9.59 Å². The molecule has 3 rings (SSSR count). The van der Waals surface area contributed by atoms with Crippen LogP contribution in [0, 0.1) is 18.6 Å². The van der Waals surface area contributed by atoms with E-state index in [2.05, 4.69) is 10.4 Å². The zero-order valence-electron chi connectivity index (χ0n) is 13.7. The van der Waals surface area contributed by atoms with Crippen molar-refractivity contribution in [2.75, 3.05) is 10.3 Å². The molecule has 1 N–H and O–H groups in total. The maximum atomic E-state index is 13.3. The number of halogens is 3. The van der Waals surface area contributed by atoms with E-state index < -0.39 is 17.5 Å². The molecule has 0 aromatic heterocycles. The summed E-state index contributed by atoms with van der Waals surface area (Å²) in [4.78, 5) is 24.5. The molecule has 5 nitrogen and oxygen atoms in total. The fraction of sp³-hybridized carbons (Fsp3) is 0.167. The zero-order chi connectivity index (χ0) is 18.8. The number of amides is 2. The van der Waals surface area contributed by atoms with Gasteiger partial charge in [0.25, 0.3) is 5.91 Å². The number of nitrogens with zero attached hydrogens (tertiary/aromatic N) is 2. The molecule has 8 heteroatoms. The molecule has 0 spiro atoms. The molecule has 0 bridgehead atoms. The largest absolute Gasteiger partial charge is 0.321 e. The van der Waals surface area contributed by atoms with Crippen LogP contribution in [0.5, 0.6) is 0 Å². The monoisotopic (exact) mass is 377 g/mol. The molecule has 1 aliphatic rings. The van der Waals surface area contributed by atoms with Crippen LogP contribution in [0.25, 0.3) is 0 Å². The highest BCUT2D eigenvalue weighted by Crippen LogP contribution is 2.26. The molecule has 0 aliphatic carbocycles. The molecular formula is C18H14ClF2N3O2. The fourth-order valence-electron chi connectivity index (χ4n) is 2.41. The van der Waals surface area contributed by atoms with E-state index in [1.807, 2.05) is 6.92 Å². The second kappa shape index (κ2) is 7.21. The van der Waals surface area contributed by atoms with Crippen LogP contribution < -0.4 is 10.3 Å². The van der Waals surface area contributed by atoms with Crippen LogP contribution in [-0.4, -0.2) is 17.5 Å². The molecule has 1 aliphatic heterocycles. The van der Waals surface area contributed by atoms with Crippen molar-refractivity contribution in [3.05, 3.63) is 58.6 Å². The van der Waals surface area contributed by atoms with Gasteiger partial charge >= 0.3 is 0 Å². The summed E-state index contributed by atoms with van der Waals surface area (Å²) < 4.78 is 26.2. The van der Waals surface area contributed by atoms with Crippen LogP contribution in [0.2, 0.25) is 5.02 Å². The number of carbonyl (C=O) groups excluding carboxylic acids is 2. The smallest absolute Gasteiger partial charge is 0.271 e. The number of anilines is 2. The summed E-state index contributed by atoms with van der Waals surface area (Å²) in [5.74, 6) is -2.94.